The van der Waals surface area contributed by atoms with Crippen LogP contribution in [0.15, 0.2) is 72.8 Å². The van der Waals surface area contributed by atoms with E-state index in [1.807, 2.05) is 0 Å². The lowest BCUT2D eigenvalue weighted by atomic mass is 10.1. The van der Waals surface area contributed by atoms with Crippen molar-refractivity contribution in [3.8, 4) is 23.0 Å². The van der Waals surface area contributed by atoms with E-state index < -0.39 is 5.97 Å². The summed E-state index contributed by atoms with van der Waals surface area (Å²) < 4.78 is 21.2. The van der Waals surface area contributed by atoms with Gasteiger partial charge in [-0.1, -0.05) is 18.2 Å². The van der Waals surface area contributed by atoms with Crippen molar-refractivity contribution in [3.63, 3.8) is 0 Å². The number of benzene rings is 3. The minimum Gasteiger partial charge on any atom is -0.497 e. The number of para-hydroxylation sites is 1. The Morgan fingerprint density at radius 1 is 0.900 bits per heavy atom. The molecule has 1 aliphatic rings. The van der Waals surface area contributed by atoms with Gasteiger partial charge >= 0.3 is 5.97 Å². The van der Waals surface area contributed by atoms with Crippen molar-refractivity contribution in [2.24, 2.45) is 0 Å². The highest BCUT2D eigenvalue weighted by Gasteiger charge is 2.18. The third-order valence-corrected chi connectivity index (χ3v) is 4.52. The van der Waals surface area contributed by atoms with E-state index in [1.165, 1.54) is 6.08 Å². The minimum atomic E-state index is -0.532. The van der Waals surface area contributed by atoms with E-state index in [9.17, 15) is 9.59 Å². The Hall–Kier alpha value is -4.06. The van der Waals surface area contributed by atoms with Gasteiger partial charge in [-0.05, 0) is 60.7 Å². The molecule has 4 rings (SSSR count). The summed E-state index contributed by atoms with van der Waals surface area (Å²) in [6, 6.07) is 18.7. The SMILES string of the molecule is COc1ccc(C(=O)C=Cc2ccccc2OC(=O)c2ccc3c(c2)OCO3)cc1. The molecule has 0 aromatic heterocycles. The molecule has 3 aromatic carbocycles. The van der Waals surface area contributed by atoms with Crippen molar-refractivity contribution in [1.29, 1.82) is 0 Å². The van der Waals surface area contributed by atoms with E-state index >= 15 is 0 Å². The van der Waals surface area contributed by atoms with Crippen molar-refractivity contribution < 1.29 is 28.5 Å². The third kappa shape index (κ3) is 4.17. The Morgan fingerprint density at radius 3 is 2.43 bits per heavy atom. The lowest BCUT2D eigenvalue weighted by molar-refractivity contribution is 0.0733. The average molecular weight is 402 g/mol. The Morgan fingerprint density at radius 2 is 1.63 bits per heavy atom. The van der Waals surface area contributed by atoms with Crippen LogP contribution in [0, 0.1) is 0 Å². The van der Waals surface area contributed by atoms with Gasteiger partial charge in [-0.3, -0.25) is 4.79 Å². The number of allylic oxidation sites excluding steroid dienone is 1. The van der Waals surface area contributed by atoms with Gasteiger partial charge in [0.25, 0.3) is 0 Å². The zero-order valence-electron chi connectivity index (χ0n) is 16.2. The van der Waals surface area contributed by atoms with Crippen molar-refractivity contribution in [2.45, 2.75) is 0 Å². The number of ether oxygens (including phenoxy) is 4. The molecule has 1 aliphatic heterocycles. The van der Waals surface area contributed by atoms with Gasteiger partial charge in [-0.15, -0.1) is 0 Å². The number of hydrogen-bond acceptors (Lipinski definition) is 6. The molecular formula is C24H18O6. The van der Waals surface area contributed by atoms with E-state index in [2.05, 4.69) is 0 Å². The van der Waals surface area contributed by atoms with Gasteiger partial charge < -0.3 is 18.9 Å². The summed E-state index contributed by atoms with van der Waals surface area (Å²) in [5.74, 6) is 1.41. The van der Waals surface area contributed by atoms with Crippen LogP contribution in [0.4, 0.5) is 0 Å². The van der Waals surface area contributed by atoms with Crippen LogP contribution in [-0.2, 0) is 0 Å². The van der Waals surface area contributed by atoms with Crippen molar-refractivity contribution in [1.82, 2.24) is 0 Å². The number of esters is 1. The minimum absolute atomic E-state index is 0.129. The molecular weight excluding hydrogens is 384 g/mol. The predicted octanol–water partition coefficient (Wildman–Crippen LogP) is 4.54. The second kappa shape index (κ2) is 8.53. The summed E-state index contributed by atoms with van der Waals surface area (Å²) in [4.78, 5) is 25.0. The summed E-state index contributed by atoms with van der Waals surface area (Å²) in [5, 5.41) is 0. The topological polar surface area (TPSA) is 71.1 Å². The molecule has 0 spiro atoms. The molecule has 0 atom stereocenters. The average Bonchev–Trinajstić information content (AvgIpc) is 3.26. The Bertz CT molecular complexity index is 1110. The number of carbonyl (C=O) groups excluding carboxylic acids is 2. The van der Waals surface area contributed by atoms with Crippen LogP contribution >= 0.6 is 0 Å². The quantitative estimate of drug-likeness (QED) is 0.261. The first-order valence-electron chi connectivity index (χ1n) is 9.21. The molecule has 0 saturated carbocycles. The number of fused-ring (bicyclic) bond motifs is 1. The smallest absolute Gasteiger partial charge is 0.343 e. The molecule has 0 radical (unpaired) electrons. The maximum absolute atomic E-state index is 12.6. The number of ketones is 1. The molecule has 150 valence electrons. The maximum atomic E-state index is 12.6. The summed E-state index contributed by atoms with van der Waals surface area (Å²) in [6.45, 7) is 0.129. The van der Waals surface area contributed by atoms with Gasteiger partial charge in [-0.25, -0.2) is 4.79 Å². The van der Waals surface area contributed by atoms with Crippen molar-refractivity contribution in [3.05, 3.63) is 89.5 Å². The number of rotatable bonds is 6. The van der Waals surface area contributed by atoms with Gasteiger partial charge in [0.2, 0.25) is 6.79 Å². The van der Waals surface area contributed by atoms with Crippen molar-refractivity contribution in [2.75, 3.05) is 13.9 Å². The van der Waals surface area contributed by atoms with E-state index in [-0.39, 0.29) is 12.6 Å². The fourth-order valence-corrected chi connectivity index (χ4v) is 2.91. The first-order valence-corrected chi connectivity index (χ1v) is 9.21. The van der Waals surface area contributed by atoms with Crippen LogP contribution < -0.4 is 18.9 Å². The predicted molar refractivity (Wildman–Crippen MR) is 110 cm³/mol. The molecule has 0 bridgehead atoms. The van der Waals surface area contributed by atoms with Crippen LogP contribution in [0.3, 0.4) is 0 Å². The molecule has 6 nitrogen and oxygen atoms in total. The third-order valence-electron chi connectivity index (χ3n) is 4.52. The normalized spacial score (nSPS) is 12.0. The molecule has 3 aromatic rings. The highest BCUT2D eigenvalue weighted by atomic mass is 16.7. The van der Waals surface area contributed by atoms with Gasteiger partial charge in [-0.2, -0.15) is 0 Å². The Kier molecular flexibility index (Phi) is 5.48. The zero-order valence-corrected chi connectivity index (χ0v) is 16.2. The van der Waals surface area contributed by atoms with Crippen LogP contribution in [0.5, 0.6) is 23.0 Å². The van der Waals surface area contributed by atoms with Gasteiger partial charge in [0, 0.05) is 11.1 Å². The molecule has 0 unspecified atom stereocenters. The number of carbonyl (C=O) groups is 2. The monoisotopic (exact) mass is 402 g/mol. The molecule has 6 heteroatoms. The highest BCUT2D eigenvalue weighted by molar-refractivity contribution is 6.07. The van der Waals surface area contributed by atoms with Crippen LogP contribution in [-0.4, -0.2) is 25.7 Å². The molecule has 0 saturated heterocycles. The first-order chi connectivity index (χ1) is 14.6. The lowest BCUT2D eigenvalue weighted by Gasteiger charge is -2.08. The van der Waals surface area contributed by atoms with E-state index in [0.29, 0.717) is 39.7 Å². The molecule has 0 N–H and O–H groups in total. The number of methoxy groups -OCH3 is 1. The second-order valence-electron chi connectivity index (χ2n) is 6.42. The van der Waals surface area contributed by atoms with Gasteiger partial charge in [0.1, 0.15) is 11.5 Å². The first kappa shape index (κ1) is 19.3. The Balaban J connectivity index is 1.50. The molecule has 0 fully saturated rings. The standard InChI is InChI=1S/C24H18O6/c1-27-19-10-6-16(7-11-19)20(25)12-8-17-4-2-3-5-21(17)30-24(26)18-9-13-22-23(14-18)29-15-28-22/h2-14H,15H2,1H3. The van der Waals surface area contributed by atoms with Gasteiger partial charge in [0.15, 0.2) is 17.3 Å². The molecule has 1 heterocycles. The van der Waals surface area contributed by atoms with Crippen LogP contribution in [0.2, 0.25) is 0 Å². The molecule has 0 amide bonds. The van der Waals surface area contributed by atoms with Crippen molar-refractivity contribution >= 4 is 17.8 Å². The maximum Gasteiger partial charge on any atom is 0.343 e. The summed E-state index contributed by atoms with van der Waals surface area (Å²) in [6.07, 6.45) is 3.06. The van der Waals surface area contributed by atoms with E-state index in [0.717, 1.165) is 0 Å². The fourth-order valence-electron chi connectivity index (χ4n) is 2.91. The summed E-state index contributed by atoms with van der Waals surface area (Å²) >= 11 is 0. The van der Waals surface area contributed by atoms with Gasteiger partial charge in [0.05, 0.1) is 12.7 Å². The molecule has 0 aliphatic carbocycles. The summed E-state index contributed by atoms with van der Waals surface area (Å²) in [5.41, 5.74) is 1.47. The van der Waals surface area contributed by atoms with Crippen LogP contribution in [0.1, 0.15) is 26.3 Å². The van der Waals surface area contributed by atoms with E-state index in [4.69, 9.17) is 18.9 Å². The van der Waals surface area contributed by atoms with Crippen LogP contribution in [0.25, 0.3) is 6.08 Å². The summed E-state index contributed by atoms with van der Waals surface area (Å²) in [7, 11) is 1.57. The zero-order chi connectivity index (χ0) is 20.9. The number of hydrogen-bond donors (Lipinski definition) is 0. The van der Waals surface area contributed by atoms with E-state index in [1.54, 1.807) is 79.9 Å². The lowest BCUT2D eigenvalue weighted by Crippen LogP contribution is -2.09. The second-order valence-corrected chi connectivity index (χ2v) is 6.42. The largest absolute Gasteiger partial charge is 0.497 e. The highest BCUT2D eigenvalue weighted by Crippen LogP contribution is 2.33. The fraction of sp³-hybridized carbons (Fsp3) is 0.0833. The Labute approximate surface area is 173 Å². The molecule has 30 heavy (non-hydrogen) atoms.